The largest absolute Gasteiger partial charge is 0.497 e. The molecule has 27 heavy (non-hydrogen) atoms. The van der Waals surface area contributed by atoms with Gasteiger partial charge in [0.05, 0.1) is 23.9 Å². The second-order valence-electron chi connectivity index (χ2n) is 5.73. The van der Waals surface area contributed by atoms with Gasteiger partial charge in [-0.1, -0.05) is 19.1 Å². The van der Waals surface area contributed by atoms with Crippen molar-refractivity contribution in [2.24, 2.45) is 0 Å². The summed E-state index contributed by atoms with van der Waals surface area (Å²) in [6, 6.07) is 15.1. The van der Waals surface area contributed by atoms with Crippen molar-refractivity contribution in [3.63, 3.8) is 0 Å². The molecular formula is C21H23N3O3. The average molecular weight is 365 g/mol. The molecule has 1 aromatic heterocycles. The molecule has 0 aliphatic rings. The van der Waals surface area contributed by atoms with Crippen molar-refractivity contribution in [2.75, 3.05) is 26.1 Å². The van der Waals surface area contributed by atoms with Crippen LogP contribution in [0, 0.1) is 11.3 Å². The van der Waals surface area contributed by atoms with Gasteiger partial charge in [0.25, 0.3) is 0 Å². The number of ether oxygens (including phenoxy) is 2. The Hall–Kier alpha value is -3.30. The van der Waals surface area contributed by atoms with Gasteiger partial charge in [0.2, 0.25) is 6.41 Å². The number of methoxy groups -OCH3 is 2. The van der Waals surface area contributed by atoms with Crippen LogP contribution in [-0.4, -0.2) is 32.2 Å². The van der Waals surface area contributed by atoms with Gasteiger partial charge in [-0.05, 0) is 30.7 Å². The zero-order chi connectivity index (χ0) is 19.6. The summed E-state index contributed by atoms with van der Waals surface area (Å²) in [5.41, 5.74) is 3.63. The van der Waals surface area contributed by atoms with Gasteiger partial charge in [0, 0.05) is 36.4 Å². The van der Waals surface area contributed by atoms with Crippen LogP contribution in [0.15, 0.2) is 42.5 Å². The first-order valence-electron chi connectivity index (χ1n) is 8.57. The van der Waals surface area contributed by atoms with Crippen LogP contribution in [0.3, 0.4) is 0 Å². The summed E-state index contributed by atoms with van der Waals surface area (Å²) in [5, 5.41) is 12.9. The number of rotatable bonds is 6. The van der Waals surface area contributed by atoms with Crippen molar-refractivity contribution in [3.8, 4) is 23.1 Å². The minimum absolute atomic E-state index is 0.570. The summed E-state index contributed by atoms with van der Waals surface area (Å²) in [7, 11) is 3.31. The summed E-state index contributed by atoms with van der Waals surface area (Å²) in [6.07, 6.45) is 1.75. The molecule has 2 N–H and O–H groups in total. The van der Waals surface area contributed by atoms with Crippen molar-refractivity contribution in [2.45, 2.75) is 13.3 Å². The molecule has 0 unspecified atom stereocenters. The number of fused-ring (bicyclic) bond motifs is 1. The second-order valence-corrected chi connectivity index (χ2v) is 5.73. The molecule has 1 amide bonds. The number of hydrogen-bond donors (Lipinski definition) is 2. The van der Waals surface area contributed by atoms with Crippen molar-refractivity contribution >= 4 is 23.0 Å². The van der Waals surface area contributed by atoms with Crippen LogP contribution in [0.25, 0.3) is 22.2 Å². The first-order chi connectivity index (χ1) is 13.2. The first kappa shape index (κ1) is 20.0. The number of nitriles is 1. The minimum Gasteiger partial charge on any atom is -0.497 e. The predicted octanol–water partition coefficient (Wildman–Crippen LogP) is 4.33. The Kier molecular flexibility index (Phi) is 7.41. The summed E-state index contributed by atoms with van der Waals surface area (Å²) in [5.74, 6) is 0.723. The zero-order valence-corrected chi connectivity index (χ0v) is 15.7. The molecule has 1 heterocycles. The smallest absolute Gasteiger partial charge is 0.211 e. The Morgan fingerprint density at radius 3 is 2.63 bits per heavy atom. The molecule has 140 valence electrons. The number of nitrogens with zero attached hydrogens (tertiary/aromatic N) is 1. The monoisotopic (exact) mass is 365 g/mol. The normalized spacial score (nSPS) is 9.85. The molecule has 0 saturated carbocycles. The average Bonchev–Trinajstić information content (AvgIpc) is 3.07. The van der Waals surface area contributed by atoms with Gasteiger partial charge in [0.1, 0.15) is 11.8 Å². The number of hydrogen-bond acceptors (Lipinski definition) is 4. The molecule has 0 radical (unpaired) electrons. The van der Waals surface area contributed by atoms with Gasteiger partial charge in [-0.25, -0.2) is 0 Å². The van der Waals surface area contributed by atoms with Crippen molar-refractivity contribution in [1.82, 2.24) is 4.98 Å². The lowest BCUT2D eigenvalue weighted by molar-refractivity contribution is -0.105. The van der Waals surface area contributed by atoms with Gasteiger partial charge in [-0.2, -0.15) is 5.26 Å². The summed E-state index contributed by atoms with van der Waals surface area (Å²) >= 11 is 0. The van der Waals surface area contributed by atoms with Gasteiger partial charge in [-0.3, -0.25) is 4.79 Å². The van der Waals surface area contributed by atoms with Crippen LogP contribution in [0.4, 0.5) is 5.69 Å². The third-order valence-corrected chi connectivity index (χ3v) is 3.90. The Balaban J connectivity index is 0.000000465. The number of aromatic amines is 1. The lowest BCUT2D eigenvalue weighted by Gasteiger charge is -2.03. The molecule has 3 aromatic rings. The summed E-state index contributed by atoms with van der Waals surface area (Å²) in [6.45, 7) is 2.98. The highest BCUT2D eigenvalue weighted by Crippen LogP contribution is 2.32. The number of carbonyl (C=O) groups is 1. The minimum atomic E-state index is 0.570. The van der Waals surface area contributed by atoms with Gasteiger partial charge in [-0.15, -0.1) is 0 Å². The molecule has 0 bridgehead atoms. The molecule has 2 aromatic carbocycles. The maximum Gasteiger partial charge on any atom is 0.211 e. The zero-order valence-electron chi connectivity index (χ0n) is 15.7. The number of amides is 1. The first-order valence-corrected chi connectivity index (χ1v) is 8.57. The molecular weight excluding hydrogens is 342 g/mol. The van der Waals surface area contributed by atoms with E-state index in [9.17, 15) is 10.1 Å². The number of benzene rings is 2. The third kappa shape index (κ3) is 4.87. The number of nitrogens with one attached hydrogen (secondary N) is 2. The van der Waals surface area contributed by atoms with Crippen molar-refractivity contribution < 1.29 is 14.3 Å². The van der Waals surface area contributed by atoms with E-state index in [4.69, 9.17) is 9.47 Å². The van der Waals surface area contributed by atoms with Crippen LogP contribution < -0.4 is 10.1 Å². The van der Waals surface area contributed by atoms with Gasteiger partial charge in [0.15, 0.2) is 0 Å². The Morgan fingerprint density at radius 2 is 2.04 bits per heavy atom. The molecule has 0 spiro atoms. The van der Waals surface area contributed by atoms with Crippen LogP contribution >= 0.6 is 0 Å². The molecule has 0 fully saturated rings. The second kappa shape index (κ2) is 10.00. The van der Waals surface area contributed by atoms with E-state index in [2.05, 4.69) is 23.3 Å². The molecule has 3 rings (SSSR count). The summed E-state index contributed by atoms with van der Waals surface area (Å²) in [4.78, 5) is 13.8. The Bertz CT molecular complexity index is 939. The fraction of sp³-hybridized carbons (Fsp3) is 0.238. The standard InChI is InChI=1S/C17H13N3O2.C4H10O/c1-22-13-5-6-14-15(9-18)17(20-16(14)8-13)11-3-2-4-12(7-11)19-10-21;1-3-4-5-2/h2-8,10,20H,1H3,(H,19,21);3-4H2,1-2H3. The van der Waals surface area contributed by atoms with E-state index in [1.807, 2.05) is 36.4 Å². The highest BCUT2D eigenvalue weighted by Gasteiger charge is 2.13. The maximum absolute atomic E-state index is 10.6. The number of aromatic nitrogens is 1. The fourth-order valence-corrected chi connectivity index (χ4v) is 2.67. The van der Waals surface area contributed by atoms with Crippen molar-refractivity contribution in [1.29, 1.82) is 5.26 Å². The molecule has 6 nitrogen and oxygen atoms in total. The molecule has 0 aliphatic carbocycles. The van der Waals surface area contributed by atoms with Crippen molar-refractivity contribution in [3.05, 3.63) is 48.0 Å². The lowest BCUT2D eigenvalue weighted by atomic mass is 10.1. The van der Waals surface area contributed by atoms with Crippen LogP contribution in [-0.2, 0) is 9.53 Å². The van der Waals surface area contributed by atoms with E-state index >= 15 is 0 Å². The topological polar surface area (TPSA) is 87.1 Å². The van der Waals surface area contributed by atoms with E-state index in [0.717, 1.165) is 40.9 Å². The number of H-pyrrole nitrogens is 1. The van der Waals surface area contributed by atoms with E-state index in [-0.39, 0.29) is 0 Å². The summed E-state index contributed by atoms with van der Waals surface area (Å²) < 4.78 is 9.90. The van der Waals surface area contributed by atoms with Crippen LogP contribution in [0.2, 0.25) is 0 Å². The van der Waals surface area contributed by atoms with E-state index < -0.39 is 0 Å². The van der Waals surface area contributed by atoms with E-state index in [0.29, 0.717) is 17.7 Å². The predicted molar refractivity (Wildman–Crippen MR) is 107 cm³/mol. The number of carbonyl (C=O) groups excluding carboxylic acids is 1. The van der Waals surface area contributed by atoms with E-state index in [1.54, 1.807) is 20.3 Å². The van der Waals surface area contributed by atoms with Crippen LogP contribution in [0.5, 0.6) is 5.75 Å². The fourth-order valence-electron chi connectivity index (χ4n) is 2.67. The van der Waals surface area contributed by atoms with E-state index in [1.165, 1.54) is 0 Å². The highest BCUT2D eigenvalue weighted by atomic mass is 16.5. The van der Waals surface area contributed by atoms with Crippen LogP contribution in [0.1, 0.15) is 18.9 Å². The number of anilines is 1. The van der Waals surface area contributed by atoms with Gasteiger partial charge < -0.3 is 19.8 Å². The molecule has 0 aliphatic heterocycles. The lowest BCUT2D eigenvalue weighted by Crippen LogP contribution is -1.93. The molecule has 0 atom stereocenters. The Labute approximate surface area is 158 Å². The third-order valence-electron chi connectivity index (χ3n) is 3.90. The SMILES string of the molecule is CCCOC.COc1ccc2c(C#N)c(-c3cccc(NC=O)c3)[nH]c2c1. The highest BCUT2D eigenvalue weighted by molar-refractivity contribution is 5.94. The molecule has 6 heteroatoms. The quantitative estimate of drug-likeness (QED) is 0.637. The van der Waals surface area contributed by atoms with Gasteiger partial charge >= 0.3 is 0 Å². The molecule has 0 saturated heterocycles. The Morgan fingerprint density at radius 1 is 1.22 bits per heavy atom. The maximum atomic E-state index is 10.6.